The molecule has 0 aliphatic heterocycles. The summed E-state index contributed by atoms with van der Waals surface area (Å²) in [5.74, 6) is -1.17. The summed E-state index contributed by atoms with van der Waals surface area (Å²) in [6, 6.07) is 18.6. The number of hydrogen-bond donors (Lipinski definition) is 2. The summed E-state index contributed by atoms with van der Waals surface area (Å²) in [6.45, 7) is 1.88. The van der Waals surface area contributed by atoms with Crippen molar-refractivity contribution >= 4 is 40.3 Å². The molecule has 0 saturated heterocycles. The van der Waals surface area contributed by atoms with Crippen molar-refractivity contribution in [2.24, 2.45) is 10.2 Å². The monoisotopic (exact) mass is 436 g/mol. The van der Waals surface area contributed by atoms with E-state index in [1.807, 2.05) is 13.0 Å². The van der Waals surface area contributed by atoms with E-state index < -0.39 is 16.6 Å². The van der Waals surface area contributed by atoms with E-state index >= 15 is 0 Å². The molecule has 0 spiro atoms. The van der Waals surface area contributed by atoms with Crippen LogP contribution in [0.3, 0.4) is 0 Å². The molecule has 0 fully saturated rings. The fraction of sp³-hybridized carbons (Fsp3) is 0.0455. The number of nitrogens with zero attached hydrogens (tertiary/aromatic N) is 3. The van der Waals surface area contributed by atoms with E-state index in [-0.39, 0.29) is 16.9 Å². The molecule has 156 valence electrons. The molecule has 3 aromatic carbocycles. The number of amides is 1. The van der Waals surface area contributed by atoms with Gasteiger partial charge < -0.3 is 10.4 Å². The summed E-state index contributed by atoms with van der Waals surface area (Å²) in [5, 5.41) is 32.7. The Bertz CT molecular complexity index is 1170. The van der Waals surface area contributed by atoms with Gasteiger partial charge in [-0.1, -0.05) is 23.7 Å². The van der Waals surface area contributed by atoms with Gasteiger partial charge in [0, 0.05) is 28.4 Å². The molecule has 0 atom stereocenters. The third-order valence-corrected chi connectivity index (χ3v) is 4.41. The summed E-state index contributed by atoms with van der Waals surface area (Å²) in [7, 11) is 0. The molecule has 0 aliphatic rings. The van der Waals surface area contributed by atoms with Crippen molar-refractivity contribution in [3.63, 3.8) is 0 Å². The number of nitrogens with one attached hydrogen (secondary N) is 1. The number of non-ortho nitro benzene ring substituents is 1. The number of hydrogen-bond acceptors (Lipinski definition) is 6. The normalized spacial score (nSPS) is 11.8. The van der Waals surface area contributed by atoms with E-state index in [4.69, 9.17) is 11.6 Å². The fourth-order valence-corrected chi connectivity index (χ4v) is 2.73. The third kappa shape index (κ3) is 5.74. The van der Waals surface area contributed by atoms with Crippen molar-refractivity contribution in [3.8, 4) is 0 Å². The maximum Gasteiger partial charge on any atom is 0.280 e. The maximum absolute atomic E-state index is 12.9. The van der Waals surface area contributed by atoms with Crippen LogP contribution in [-0.2, 0) is 4.79 Å². The first-order valence-corrected chi connectivity index (χ1v) is 9.44. The highest BCUT2D eigenvalue weighted by atomic mass is 35.5. The Kier molecular flexibility index (Phi) is 6.74. The molecule has 31 heavy (non-hydrogen) atoms. The highest BCUT2D eigenvalue weighted by molar-refractivity contribution is 6.30. The number of aliphatic hydroxyl groups is 1. The molecular formula is C22H17ClN4O4. The smallest absolute Gasteiger partial charge is 0.280 e. The number of nitro groups is 1. The van der Waals surface area contributed by atoms with Crippen LogP contribution in [0.4, 0.5) is 17.1 Å². The predicted octanol–water partition coefficient (Wildman–Crippen LogP) is 6.21. The molecule has 0 radical (unpaired) electrons. The van der Waals surface area contributed by atoms with Gasteiger partial charge in [-0.2, -0.15) is 5.11 Å². The molecule has 0 saturated carbocycles. The Morgan fingerprint density at radius 1 is 1.06 bits per heavy atom. The van der Waals surface area contributed by atoms with Crippen LogP contribution in [-0.4, -0.2) is 15.9 Å². The van der Waals surface area contributed by atoms with Crippen molar-refractivity contribution in [3.05, 3.63) is 105 Å². The molecule has 2 N–H and O–H groups in total. The van der Waals surface area contributed by atoms with Crippen LogP contribution >= 0.6 is 11.6 Å². The molecule has 8 nitrogen and oxygen atoms in total. The number of carbonyl (C=O) groups is 1. The van der Waals surface area contributed by atoms with Gasteiger partial charge in [0.1, 0.15) is 0 Å². The van der Waals surface area contributed by atoms with Gasteiger partial charge in [0.25, 0.3) is 11.6 Å². The molecule has 0 bridgehead atoms. The lowest BCUT2D eigenvalue weighted by atomic mass is 10.1. The highest BCUT2D eigenvalue weighted by Crippen LogP contribution is 2.24. The highest BCUT2D eigenvalue weighted by Gasteiger charge is 2.18. The number of halogens is 1. The third-order valence-electron chi connectivity index (χ3n) is 4.16. The van der Waals surface area contributed by atoms with E-state index in [2.05, 4.69) is 15.5 Å². The van der Waals surface area contributed by atoms with Gasteiger partial charge >= 0.3 is 0 Å². The number of aryl methyl sites for hydroxylation is 1. The summed E-state index contributed by atoms with van der Waals surface area (Å²) in [6.07, 6.45) is 0. The van der Waals surface area contributed by atoms with E-state index in [1.165, 1.54) is 24.3 Å². The van der Waals surface area contributed by atoms with Gasteiger partial charge in [0.05, 0.1) is 10.6 Å². The van der Waals surface area contributed by atoms with E-state index in [0.29, 0.717) is 16.4 Å². The second-order valence-electron chi connectivity index (χ2n) is 6.50. The van der Waals surface area contributed by atoms with Crippen molar-refractivity contribution in [1.29, 1.82) is 0 Å². The lowest BCUT2D eigenvalue weighted by Gasteiger charge is -2.08. The SMILES string of the molecule is Cc1cccc(NC(=O)C(N=Nc2ccc(Cl)cc2)=C(O)c2ccc([N+](=O)[O-])cc2)c1. The number of anilines is 1. The Hall–Kier alpha value is -4.04. The second kappa shape index (κ2) is 9.64. The van der Waals surface area contributed by atoms with Gasteiger partial charge in [0.15, 0.2) is 11.5 Å². The van der Waals surface area contributed by atoms with Crippen LogP contribution in [0.1, 0.15) is 11.1 Å². The molecular weight excluding hydrogens is 420 g/mol. The number of rotatable bonds is 6. The minimum Gasteiger partial charge on any atom is -0.505 e. The second-order valence-corrected chi connectivity index (χ2v) is 6.94. The minimum atomic E-state index is -0.695. The maximum atomic E-state index is 12.9. The zero-order valence-corrected chi connectivity index (χ0v) is 17.1. The Morgan fingerprint density at radius 2 is 1.74 bits per heavy atom. The van der Waals surface area contributed by atoms with E-state index in [1.54, 1.807) is 42.5 Å². The average Bonchev–Trinajstić information content (AvgIpc) is 2.75. The number of benzene rings is 3. The quantitative estimate of drug-likeness (QED) is 0.157. The standard InChI is InChI=1S/C22H17ClN4O4/c1-14-3-2-4-18(13-14)24-22(29)20(26-25-17-9-7-16(23)8-10-17)21(28)15-5-11-19(12-6-15)27(30)31/h2-13,28H,1H3,(H,24,29). The first-order valence-electron chi connectivity index (χ1n) is 9.07. The Morgan fingerprint density at radius 3 is 2.35 bits per heavy atom. The molecule has 0 aromatic heterocycles. The molecule has 0 aliphatic carbocycles. The van der Waals surface area contributed by atoms with Crippen molar-refractivity contribution in [1.82, 2.24) is 0 Å². The van der Waals surface area contributed by atoms with Gasteiger partial charge in [-0.15, -0.1) is 5.11 Å². The number of azo groups is 1. The summed E-state index contributed by atoms with van der Waals surface area (Å²) in [4.78, 5) is 23.2. The van der Waals surface area contributed by atoms with Gasteiger partial charge in [-0.25, -0.2) is 0 Å². The summed E-state index contributed by atoms with van der Waals surface area (Å²) >= 11 is 5.86. The number of nitro benzene ring substituents is 1. The van der Waals surface area contributed by atoms with Crippen LogP contribution in [0, 0.1) is 17.0 Å². The first kappa shape index (κ1) is 21.7. The molecule has 0 heterocycles. The van der Waals surface area contributed by atoms with Crippen LogP contribution in [0.5, 0.6) is 0 Å². The van der Waals surface area contributed by atoms with Crippen LogP contribution < -0.4 is 5.32 Å². The molecule has 3 aromatic rings. The van der Waals surface area contributed by atoms with Gasteiger partial charge in [0.2, 0.25) is 0 Å². The Balaban J connectivity index is 1.99. The van der Waals surface area contributed by atoms with Crippen molar-refractivity contribution in [2.45, 2.75) is 6.92 Å². The lowest BCUT2D eigenvalue weighted by molar-refractivity contribution is -0.384. The minimum absolute atomic E-state index is 0.148. The molecule has 9 heteroatoms. The number of carbonyl (C=O) groups excluding carboxylic acids is 1. The Labute approximate surface area is 182 Å². The van der Waals surface area contributed by atoms with Crippen LogP contribution in [0.2, 0.25) is 5.02 Å². The predicted molar refractivity (Wildman–Crippen MR) is 118 cm³/mol. The van der Waals surface area contributed by atoms with Gasteiger partial charge in [-0.05, 0) is 61.0 Å². The molecule has 3 rings (SSSR count). The molecule has 0 unspecified atom stereocenters. The van der Waals surface area contributed by atoms with Crippen molar-refractivity contribution in [2.75, 3.05) is 5.32 Å². The van der Waals surface area contributed by atoms with E-state index in [9.17, 15) is 20.0 Å². The van der Waals surface area contributed by atoms with Crippen LogP contribution in [0.15, 0.2) is 88.7 Å². The average molecular weight is 437 g/mol. The van der Waals surface area contributed by atoms with Gasteiger partial charge in [-0.3, -0.25) is 14.9 Å². The van der Waals surface area contributed by atoms with Crippen molar-refractivity contribution < 1.29 is 14.8 Å². The largest absolute Gasteiger partial charge is 0.505 e. The number of aliphatic hydroxyl groups excluding tert-OH is 1. The topological polar surface area (TPSA) is 117 Å². The zero-order chi connectivity index (χ0) is 22.4. The fourth-order valence-electron chi connectivity index (χ4n) is 2.61. The molecule has 1 amide bonds. The first-order chi connectivity index (χ1) is 14.8. The zero-order valence-electron chi connectivity index (χ0n) is 16.3. The van der Waals surface area contributed by atoms with E-state index in [0.717, 1.165) is 5.56 Å². The summed E-state index contributed by atoms with van der Waals surface area (Å²) in [5.41, 5.74) is 1.54. The van der Waals surface area contributed by atoms with Crippen LogP contribution in [0.25, 0.3) is 5.76 Å². The summed E-state index contributed by atoms with van der Waals surface area (Å²) < 4.78 is 0. The lowest BCUT2D eigenvalue weighted by Crippen LogP contribution is -2.15.